The fourth-order valence-corrected chi connectivity index (χ4v) is 0.823. The zero-order chi connectivity index (χ0) is 9.23. The highest BCUT2D eigenvalue weighted by molar-refractivity contribution is 5.66. The second-order valence-corrected chi connectivity index (χ2v) is 2.62. The SMILES string of the molecule is C=CCCCC=CCCC(=O)O. The van der Waals surface area contributed by atoms with Gasteiger partial charge in [-0.2, -0.15) is 0 Å². The summed E-state index contributed by atoms with van der Waals surface area (Å²) in [5, 5.41) is 8.31. The number of allylic oxidation sites excluding steroid dienone is 3. The lowest BCUT2D eigenvalue weighted by Gasteiger charge is -1.89. The Morgan fingerprint density at radius 2 is 1.92 bits per heavy atom. The Hall–Kier alpha value is -1.05. The molecule has 0 aliphatic rings. The normalized spacial score (nSPS) is 10.3. The number of hydrogen-bond acceptors (Lipinski definition) is 1. The number of carbonyl (C=O) groups is 1. The number of aliphatic carboxylic acids is 1. The molecule has 0 heterocycles. The third-order valence-corrected chi connectivity index (χ3v) is 1.47. The summed E-state index contributed by atoms with van der Waals surface area (Å²) < 4.78 is 0. The summed E-state index contributed by atoms with van der Waals surface area (Å²) in [4.78, 5) is 10.1. The summed E-state index contributed by atoms with van der Waals surface area (Å²) in [6.07, 6.45) is 9.89. The Morgan fingerprint density at radius 1 is 1.25 bits per heavy atom. The van der Waals surface area contributed by atoms with Crippen LogP contribution in [0.2, 0.25) is 0 Å². The van der Waals surface area contributed by atoms with Crippen LogP contribution in [0.5, 0.6) is 0 Å². The molecule has 68 valence electrons. The summed E-state index contributed by atoms with van der Waals surface area (Å²) in [6.45, 7) is 3.62. The lowest BCUT2D eigenvalue weighted by molar-refractivity contribution is -0.136. The van der Waals surface area contributed by atoms with Crippen molar-refractivity contribution in [3.05, 3.63) is 24.8 Å². The number of hydrogen-bond donors (Lipinski definition) is 1. The fourth-order valence-electron chi connectivity index (χ4n) is 0.823. The molecule has 1 N–H and O–H groups in total. The first-order valence-corrected chi connectivity index (χ1v) is 4.25. The Bertz CT molecular complexity index is 159. The minimum atomic E-state index is -0.731. The third-order valence-electron chi connectivity index (χ3n) is 1.47. The van der Waals surface area contributed by atoms with Crippen LogP contribution in [-0.2, 0) is 4.79 Å². The molecule has 0 aliphatic carbocycles. The number of rotatable bonds is 7. The average molecular weight is 168 g/mol. The van der Waals surface area contributed by atoms with E-state index < -0.39 is 5.97 Å². The van der Waals surface area contributed by atoms with Crippen LogP contribution in [-0.4, -0.2) is 11.1 Å². The van der Waals surface area contributed by atoms with Crippen molar-refractivity contribution in [1.29, 1.82) is 0 Å². The van der Waals surface area contributed by atoms with E-state index in [1.807, 2.05) is 18.2 Å². The third kappa shape index (κ3) is 8.95. The lowest BCUT2D eigenvalue weighted by Crippen LogP contribution is -1.91. The summed E-state index contributed by atoms with van der Waals surface area (Å²) in [6, 6.07) is 0. The van der Waals surface area contributed by atoms with Crippen LogP contribution >= 0.6 is 0 Å². The van der Waals surface area contributed by atoms with Crippen molar-refractivity contribution in [2.75, 3.05) is 0 Å². The summed E-state index contributed by atoms with van der Waals surface area (Å²) in [7, 11) is 0. The second-order valence-electron chi connectivity index (χ2n) is 2.62. The van der Waals surface area contributed by atoms with E-state index in [0.717, 1.165) is 19.3 Å². The fraction of sp³-hybridized carbons (Fsp3) is 0.500. The van der Waals surface area contributed by atoms with Gasteiger partial charge in [-0.25, -0.2) is 0 Å². The molecule has 0 unspecified atom stereocenters. The Labute approximate surface area is 73.6 Å². The highest BCUT2D eigenvalue weighted by Crippen LogP contribution is 1.98. The van der Waals surface area contributed by atoms with Gasteiger partial charge in [-0.3, -0.25) is 4.79 Å². The van der Waals surface area contributed by atoms with Crippen LogP contribution in [0.15, 0.2) is 24.8 Å². The van der Waals surface area contributed by atoms with Crippen molar-refractivity contribution in [3.63, 3.8) is 0 Å². The smallest absolute Gasteiger partial charge is 0.303 e. The van der Waals surface area contributed by atoms with Gasteiger partial charge in [-0.15, -0.1) is 6.58 Å². The first kappa shape index (κ1) is 11.0. The molecule has 2 nitrogen and oxygen atoms in total. The van der Waals surface area contributed by atoms with Gasteiger partial charge in [0, 0.05) is 6.42 Å². The molecule has 0 spiro atoms. The maximum absolute atomic E-state index is 10.1. The van der Waals surface area contributed by atoms with Crippen LogP contribution in [0.3, 0.4) is 0 Å². The zero-order valence-corrected chi connectivity index (χ0v) is 7.33. The van der Waals surface area contributed by atoms with Crippen molar-refractivity contribution in [1.82, 2.24) is 0 Å². The van der Waals surface area contributed by atoms with E-state index in [1.165, 1.54) is 0 Å². The number of carboxylic acids is 1. The van der Waals surface area contributed by atoms with Gasteiger partial charge in [-0.05, 0) is 25.7 Å². The quantitative estimate of drug-likeness (QED) is 0.469. The standard InChI is InChI=1S/C10H16O2/c1-2-3-4-5-6-7-8-9-10(11)12/h2,6-7H,1,3-5,8-9H2,(H,11,12). The maximum atomic E-state index is 10.1. The first-order valence-electron chi connectivity index (χ1n) is 4.25. The summed E-state index contributed by atoms with van der Waals surface area (Å²) in [5.74, 6) is -0.731. The molecule has 0 amide bonds. The molecule has 0 aromatic rings. The molecule has 0 aromatic heterocycles. The molecule has 2 heteroatoms. The van der Waals surface area contributed by atoms with E-state index in [1.54, 1.807) is 0 Å². The van der Waals surface area contributed by atoms with E-state index in [0.29, 0.717) is 6.42 Å². The molecular weight excluding hydrogens is 152 g/mol. The highest BCUT2D eigenvalue weighted by atomic mass is 16.4. The lowest BCUT2D eigenvalue weighted by atomic mass is 10.2. The minimum absolute atomic E-state index is 0.234. The Balaban J connectivity index is 3.14. The molecule has 0 bridgehead atoms. The summed E-state index contributed by atoms with van der Waals surface area (Å²) >= 11 is 0. The van der Waals surface area contributed by atoms with E-state index in [-0.39, 0.29) is 6.42 Å². The molecular formula is C10H16O2. The van der Waals surface area contributed by atoms with Crippen LogP contribution < -0.4 is 0 Å². The van der Waals surface area contributed by atoms with Gasteiger partial charge in [0.1, 0.15) is 0 Å². The number of carboxylic acid groups (broad SMARTS) is 1. The zero-order valence-electron chi connectivity index (χ0n) is 7.33. The van der Waals surface area contributed by atoms with Crippen molar-refractivity contribution in [2.45, 2.75) is 32.1 Å². The predicted molar refractivity (Wildman–Crippen MR) is 50.1 cm³/mol. The molecule has 0 saturated heterocycles. The van der Waals surface area contributed by atoms with Gasteiger partial charge in [-0.1, -0.05) is 18.2 Å². The Morgan fingerprint density at radius 3 is 2.50 bits per heavy atom. The summed E-state index contributed by atoms with van der Waals surface area (Å²) in [5.41, 5.74) is 0. The van der Waals surface area contributed by atoms with Crippen LogP contribution in [0.1, 0.15) is 32.1 Å². The van der Waals surface area contributed by atoms with Gasteiger partial charge in [0.25, 0.3) is 0 Å². The largest absolute Gasteiger partial charge is 0.481 e. The van der Waals surface area contributed by atoms with E-state index >= 15 is 0 Å². The van der Waals surface area contributed by atoms with Crippen molar-refractivity contribution < 1.29 is 9.90 Å². The van der Waals surface area contributed by atoms with Crippen LogP contribution in [0.4, 0.5) is 0 Å². The van der Waals surface area contributed by atoms with Crippen molar-refractivity contribution >= 4 is 5.97 Å². The molecule has 0 rings (SSSR count). The van der Waals surface area contributed by atoms with E-state index in [9.17, 15) is 4.79 Å². The highest BCUT2D eigenvalue weighted by Gasteiger charge is 1.90. The first-order chi connectivity index (χ1) is 5.77. The van der Waals surface area contributed by atoms with E-state index in [2.05, 4.69) is 6.58 Å². The molecule has 0 fully saturated rings. The second kappa shape index (κ2) is 8.05. The minimum Gasteiger partial charge on any atom is -0.481 e. The van der Waals surface area contributed by atoms with Gasteiger partial charge < -0.3 is 5.11 Å². The average Bonchev–Trinajstić information content (AvgIpc) is 2.02. The number of unbranched alkanes of at least 4 members (excludes halogenated alkanes) is 2. The van der Waals surface area contributed by atoms with Gasteiger partial charge in [0.2, 0.25) is 0 Å². The molecule has 0 aromatic carbocycles. The topological polar surface area (TPSA) is 37.3 Å². The maximum Gasteiger partial charge on any atom is 0.303 e. The monoisotopic (exact) mass is 168 g/mol. The molecule has 0 saturated carbocycles. The van der Waals surface area contributed by atoms with Gasteiger partial charge in [0.15, 0.2) is 0 Å². The van der Waals surface area contributed by atoms with Crippen molar-refractivity contribution in [3.8, 4) is 0 Å². The van der Waals surface area contributed by atoms with Crippen LogP contribution in [0, 0.1) is 0 Å². The van der Waals surface area contributed by atoms with Gasteiger partial charge >= 0.3 is 5.97 Å². The molecule has 0 radical (unpaired) electrons. The molecule has 12 heavy (non-hydrogen) atoms. The van der Waals surface area contributed by atoms with Crippen LogP contribution in [0.25, 0.3) is 0 Å². The molecule has 0 atom stereocenters. The Kier molecular flexibility index (Phi) is 7.35. The van der Waals surface area contributed by atoms with Crippen molar-refractivity contribution in [2.24, 2.45) is 0 Å². The molecule has 0 aliphatic heterocycles. The predicted octanol–water partition coefficient (Wildman–Crippen LogP) is 2.76. The van der Waals surface area contributed by atoms with E-state index in [4.69, 9.17) is 5.11 Å². The van der Waals surface area contributed by atoms with Gasteiger partial charge in [0.05, 0.1) is 0 Å².